The smallest absolute Gasteiger partial charge is 0.240 e. The number of amides is 2. The number of nitrogens with one attached hydrogen (secondary N) is 2. The molecule has 1 heterocycles. The summed E-state index contributed by atoms with van der Waals surface area (Å²) in [5, 5.41) is 5.86. The zero-order valence-electron chi connectivity index (χ0n) is 15.6. The minimum Gasteiger partial charge on any atom is -0.349 e. The lowest BCUT2D eigenvalue weighted by atomic mass is 10.1. The van der Waals surface area contributed by atoms with Gasteiger partial charge in [-0.1, -0.05) is 49.4 Å². The molecule has 0 saturated carbocycles. The van der Waals surface area contributed by atoms with Crippen LogP contribution in [-0.2, 0) is 22.7 Å². The molecule has 6 nitrogen and oxygen atoms in total. The van der Waals surface area contributed by atoms with Gasteiger partial charge in [-0.05, 0) is 24.6 Å². The average Bonchev–Trinajstić information content (AvgIpc) is 3.04. The third-order valence-corrected chi connectivity index (χ3v) is 4.48. The Morgan fingerprint density at radius 2 is 1.74 bits per heavy atom. The Bertz CT molecular complexity index is 934. The number of benzene rings is 2. The van der Waals surface area contributed by atoms with Crippen LogP contribution in [0.15, 0.2) is 54.6 Å². The van der Waals surface area contributed by atoms with E-state index in [4.69, 9.17) is 0 Å². The summed E-state index contributed by atoms with van der Waals surface area (Å²) in [7, 11) is 0. The van der Waals surface area contributed by atoms with Crippen LogP contribution in [-0.4, -0.2) is 21.4 Å². The minimum absolute atomic E-state index is 0.0456. The number of carbonyl (C=O) groups is 2. The van der Waals surface area contributed by atoms with E-state index in [1.807, 2.05) is 66.1 Å². The zero-order valence-corrected chi connectivity index (χ0v) is 15.6. The molecule has 0 fully saturated rings. The number of imidazole rings is 1. The number of rotatable bonds is 7. The molecule has 3 aromatic rings. The van der Waals surface area contributed by atoms with E-state index in [9.17, 15) is 9.59 Å². The second kappa shape index (κ2) is 8.49. The van der Waals surface area contributed by atoms with E-state index in [0.717, 1.165) is 16.6 Å². The first-order valence-corrected chi connectivity index (χ1v) is 9.13. The van der Waals surface area contributed by atoms with Crippen LogP contribution in [0.1, 0.15) is 37.7 Å². The number of hydrogen-bond acceptors (Lipinski definition) is 3. The fraction of sp³-hybridized carbons (Fsp3) is 0.286. The predicted octanol–water partition coefficient (Wildman–Crippen LogP) is 2.94. The molecule has 6 heteroatoms. The summed E-state index contributed by atoms with van der Waals surface area (Å²) < 4.78 is 1.86. The lowest BCUT2D eigenvalue weighted by molar-refractivity contribution is -0.122. The van der Waals surface area contributed by atoms with Crippen molar-refractivity contribution in [3.8, 4) is 0 Å². The molecule has 1 unspecified atom stereocenters. The summed E-state index contributed by atoms with van der Waals surface area (Å²) in [6, 6.07) is 17.4. The van der Waals surface area contributed by atoms with Crippen LogP contribution in [0, 0.1) is 0 Å². The molecular formula is C21H24N4O2. The molecule has 2 N–H and O–H groups in total. The summed E-state index contributed by atoms with van der Waals surface area (Å²) in [6.07, 6.45) is 0.412. The van der Waals surface area contributed by atoms with Crippen molar-refractivity contribution in [1.29, 1.82) is 0 Å². The minimum atomic E-state index is -0.0995. The van der Waals surface area contributed by atoms with Gasteiger partial charge < -0.3 is 15.2 Å². The molecule has 0 spiro atoms. The number of hydrogen-bond donors (Lipinski definition) is 2. The number of nitrogens with zero attached hydrogens (tertiary/aromatic N) is 2. The fourth-order valence-corrected chi connectivity index (χ4v) is 3.00. The molecule has 140 valence electrons. The molecule has 3 rings (SSSR count). The van der Waals surface area contributed by atoms with Gasteiger partial charge in [-0.15, -0.1) is 0 Å². The van der Waals surface area contributed by atoms with E-state index in [2.05, 4.69) is 15.6 Å². The van der Waals surface area contributed by atoms with E-state index in [0.29, 0.717) is 18.8 Å². The maximum absolute atomic E-state index is 12.6. The molecule has 2 aromatic carbocycles. The Kier molecular flexibility index (Phi) is 5.86. The van der Waals surface area contributed by atoms with Crippen molar-refractivity contribution in [2.24, 2.45) is 0 Å². The summed E-state index contributed by atoms with van der Waals surface area (Å²) in [6.45, 7) is 4.20. The van der Waals surface area contributed by atoms with Crippen LogP contribution in [0.25, 0.3) is 11.0 Å². The Labute approximate surface area is 158 Å². The SMILES string of the molecule is CCC(=O)NCc1nc2ccccc2n1CC(=O)NC(C)c1ccccc1. The van der Waals surface area contributed by atoms with Gasteiger partial charge in [0.05, 0.1) is 23.6 Å². The summed E-state index contributed by atoms with van der Waals surface area (Å²) in [5.41, 5.74) is 2.74. The highest BCUT2D eigenvalue weighted by atomic mass is 16.2. The highest BCUT2D eigenvalue weighted by Crippen LogP contribution is 2.17. The fourth-order valence-electron chi connectivity index (χ4n) is 3.00. The first kappa shape index (κ1) is 18.6. The maximum atomic E-state index is 12.6. The van der Waals surface area contributed by atoms with E-state index in [1.54, 1.807) is 6.92 Å². The van der Waals surface area contributed by atoms with Crippen molar-refractivity contribution >= 4 is 22.8 Å². The molecule has 0 aliphatic rings. The number of carbonyl (C=O) groups excluding carboxylic acids is 2. The lowest BCUT2D eigenvalue weighted by Crippen LogP contribution is -2.31. The molecule has 0 bridgehead atoms. The molecule has 0 saturated heterocycles. The van der Waals surface area contributed by atoms with Gasteiger partial charge in [0, 0.05) is 6.42 Å². The molecule has 0 aliphatic carbocycles. The molecule has 0 aliphatic heterocycles. The summed E-state index contributed by atoms with van der Waals surface area (Å²) in [5.74, 6) is 0.522. The molecule has 27 heavy (non-hydrogen) atoms. The number of aromatic nitrogens is 2. The van der Waals surface area contributed by atoms with Crippen LogP contribution < -0.4 is 10.6 Å². The van der Waals surface area contributed by atoms with Crippen LogP contribution in [0.3, 0.4) is 0 Å². The molecular weight excluding hydrogens is 340 g/mol. The van der Waals surface area contributed by atoms with Gasteiger partial charge in [0.2, 0.25) is 11.8 Å². The quantitative estimate of drug-likeness (QED) is 0.677. The van der Waals surface area contributed by atoms with Gasteiger partial charge in [-0.25, -0.2) is 4.98 Å². The van der Waals surface area contributed by atoms with Gasteiger partial charge in [0.15, 0.2) is 0 Å². The van der Waals surface area contributed by atoms with Gasteiger partial charge in [0.1, 0.15) is 12.4 Å². The Balaban J connectivity index is 1.78. The van der Waals surface area contributed by atoms with E-state index >= 15 is 0 Å². The zero-order chi connectivity index (χ0) is 19.2. The first-order valence-electron chi connectivity index (χ1n) is 9.13. The van der Waals surface area contributed by atoms with Crippen molar-refractivity contribution in [1.82, 2.24) is 20.2 Å². The first-order chi connectivity index (χ1) is 13.1. The van der Waals surface area contributed by atoms with Crippen molar-refractivity contribution in [2.45, 2.75) is 39.4 Å². The largest absolute Gasteiger partial charge is 0.349 e. The van der Waals surface area contributed by atoms with Crippen molar-refractivity contribution < 1.29 is 9.59 Å². The molecule has 1 aromatic heterocycles. The van der Waals surface area contributed by atoms with Crippen molar-refractivity contribution in [3.05, 3.63) is 66.0 Å². The van der Waals surface area contributed by atoms with Crippen LogP contribution >= 0.6 is 0 Å². The second-order valence-electron chi connectivity index (χ2n) is 6.43. The third kappa shape index (κ3) is 4.53. The van der Waals surface area contributed by atoms with E-state index in [-0.39, 0.29) is 24.4 Å². The standard InChI is InChI=1S/C21H24N4O2/c1-3-20(26)22-13-19-24-17-11-7-8-12-18(17)25(19)14-21(27)23-15(2)16-9-5-4-6-10-16/h4-12,15H,3,13-14H2,1-2H3,(H,22,26)(H,23,27). The van der Waals surface area contributed by atoms with Gasteiger partial charge >= 0.3 is 0 Å². The number of para-hydroxylation sites is 2. The average molecular weight is 364 g/mol. The third-order valence-electron chi connectivity index (χ3n) is 4.48. The number of fused-ring (bicyclic) bond motifs is 1. The van der Waals surface area contributed by atoms with Crippen molar-refractivity contribution in [2.75, 3.05) is 0 Å². The summed E-state index contributed by atoms with van der Waals surface area (Å²) >= 11 is 0. The van der Waals surface area contributed by atoms with E-state index in [1.165, 1.54) is 0 Å². The van der Waals surface area contributed by atoms with Crippen LogP contribution in [0.5, 0.6) is 0 Å². The van der Waals surface area contributed by atoms with Crippen molar-refractivity contribution in [3.63, 3.8) is 0 Å². The lowest BCUT2D eigenvalue weighted by Gasteiger charge is -2.16. The van der Waals surface area contributed by atoms with E-state index < -0.39 is 0 Å². The highest BCUT2D eigenvalue weighted by molar-refractivity contribution is 5.81. The molecule has 2 amide bonds. The van der Waals surface area contributed by atoms with Gasteiger partial charge in [-0.3, -0.25) is 9.59 Å². The van der Waals surface area contributed by atoms with Crippen LogP contribution in [0.2, 0.25) is 0 Å². The monoisotopic (exact) mass is 364 g/mol. The maximum Gasteiger partial charge on any atom is 0.240 e. The highest BCUT2D eigenvalue weighted by Gasteiger charge is 2.16. The molecule has 1 atom stereocenters. The van der Waals surface area contributed by atoms with Crippen LogP contribution in [0.4, 0.5) is 0 Å². The Morgan fingerprint density at radius 1 is 1.04 bits per heavy atom. The topological polar surface area (TPSA) is 76.0 Å². The van der Waals surface area contributed by atoms with Gasteiger partial charge in [0.25, 0.3) is 0 Å². The predicted molar refractivity (Wildman–Crippen MR) is 105 cm³/mol. The Morgan fingerprint density at radius 3 is 2.48 bits per heavy atom. The molecule has 0 radical (unpaired) electrons. The van der Waals surface area contributed by atoms with Gasteiger partial charge in [-0.2, -0.15) is 0 Å². The normalized spacial score (nSPS) is 11.9. The summed E-state index contributed by atoms with van der Waals surface area (Å²) in [4.78, 5) is 28.8. The Hall–Kier alpha value is -3.15. The second-order valence-corrected chi connectivity index (χ2v) is 6.43.